The molecule has 1 heterocycles. The fourth-order valence-corrected chi connectivity index (χ4v) is 1.22. The van der Waals surface area contributed by atoms with Crippen molar-refractivity contribution >= 4 is 0 Å². The van der Waals surface area contributed by atoms with Crippen LogP contribution in [0.2, 0.25) is 0 Å². The molecule has 13 heavy (non-hydrogen) atoms. The van der Waals surface area contributed by atoms with Gasteiger partial charge in [0.2, 0.25) is 0 Å². The van der Waals surface area contributed by atoms with Crippen LogP contribution in [0.1, 0.15) is 11.4 Å². The Morgan fingerprint density at radius 2 is 2.08 bits per heavy atom. The van der Waals surface area contributed by atoms with Crippen LogP contribution in [0.4, 0.5) is 0 Å². The van der Waals surface area contributed by atoms with E-state index >= 15 is 0 Å². The predicted molar refractivity (Wildman–Crippen MR) is 52.1 cm³/mol. The van der Waals surface area contributed by atoms with Crippen LogP contribution in [0.15, 0.2) is 42.7 Å². The molecule has 0 amide bonds. The third-order valence-electron chi connectivity index (χ3n) is 1.89. The van der Waals surface area contributed by atoms with E-state index in [-0.39, 0.29) is 0 Å². The largest absolute Gasteiger partial charge is 0.348 e. The van der Waals surface area contributed by atoms with Gasteiger partial charge in [-0.2, -0.15) is 0 Å². The quantitative estimate of drug-likeness (QED) is 0.753. The molecule has 1 N–H and O–H groups in total. The first-order valence-corrected chi connectivity index (χ1v) is 4.31. The number of hydrogen-bond acceptors (Lipinski definition) is 1. The number of H-pyrrole nitrogens is 1. The predicted octanol–water partition coefficient (Wildman–Crippen LogP) is 2.20. The molecule has 0 aliphatic carbocycles. The first-order chi connectivity index (χ1) is 6.45. The molecule has 0 saturated heterocycles. The van der Waals surface area contributed by atoms with E-state index in [1.54, 1.807) is 6.20 Å². The zero-order chi connectivity index (χ0) is 8.93. The second kappa shape index (κ2) is 3.90. The zero-order valence-corrected chi connectivity index (χ0v) is 7.27. The smallest absolute Gasteiger partial charge is 0.110 e. The van der Waals surface area contributed by atoms with Crippen molar-refractivity contribution in [2.24, 2.45) is 0 Å². The summed E-state index contributed by atoms with van der Waals surface area (Å²) in [6, 6.07) is 10.3. The Morgan fingerprint density at radius 3 is 2.77 bits per heavy atom. The number of hydrogen-bond donors (Lipinski definition) is 1. The molecule has 2 heteroatoms. The Kier molecular flexibility index (Phi) is 2.41. The van der Waals surface area contributed by atoms with Gasteiger partial charge in [0.25, 0.3) is 0 Å². The van der Waals surface area contributed by atoms with Crippen molar-refractivity contribution in [3.05, 3.63) is 60.5 Å². The second-order valence-electron chi connectivity index (χ2n) is 2.87. The summed E-state index contributed by atoms with van der Waals surface area (Å²) in [4.78, 5) is 7.16. The first kappa shape index (κ1) is 8.05. The number of aromatic nitrogens is 2. The Balaban J connectivity index is 1.94. The van der Waals surface area contributed by atoms with Crippen molar-refractivity contribution in [3.63, 3.8) is 0 Å². The molecular formula is C11H11N2. The molecule has 1 radical (unpaired) electrons. The van der Waals surface area contributed by atoms with Crippen molar-refractivity contribution in [2.75, 3.05) is 0 Å². The van der Waals surface area contributed by atoms with E-state index in [4.69, 9.17) is 0 Å². The molecule has 0 bridgehead atoms. The fourth-order valence-electron chi connectivity index (χ4n) is 1.22. The van der Waals surface area contributed by atoms with Crippen molar-refractivity contribution < 1.29 is 0 Å². The summed E-state index contributed by atoms with van der Waals surface area (Å²) < 4.78 is 0. The van der Waals surface area contributed by atoms with Crippen LogP contribution in [0.25, 0.3) is 0 Å². The van der Waals surface area contributed by atoms with Gasteiger partial charge in [-0.05, 0) is 12.0 Å². The van der Waals surface area contributed by atoms with Crippen LogP contribution in [0, 0.1) is 6.42 Å². The van der Waals surface area contributed by atoms with Crippen LogP contribution in [0.5, 0.6) is 0 Å². The normalized spacial score (nSPS) is 10.2. The van der Waals surface area contributed by atoms with Gasteiger partial charge in [0.15, 0.2) is 0 Å². The minimum atomic E-state index is 0.925. The fraction of sp³-hybridized carbons (Fsp3) is 0.0909. The van der Waals surface area contributed by atoms with Gasteiger partial charge in [0.05, 0.1) is 0 Å². The SMILES string of the molecule is [CH](Cc1ccccc1)c1ncc[nH]1. The van der Waals surface area contributed by atoms with Crippen LogP contribution in [-0.4, -0.2) is 9.97 Å². The molecule has 0 spiro atoms. The number of nitrogens with zero attached hydrogens (tertiary/aromatic N) is 1. The average molecular weight is 171 g/mol. The van der Waals surface area contributed by atoms with E-state index in [0.29, 0.717) is 0 Å². The van der Waals surface area contributed by atoms with Gasteiger partial charge >= 0.3 is 0 Å². The molecule has 65 valence electrons. The van der Waals surface area contributed by atoms with Crippen molar-refractivity contribution in [2.45, 2.75) is 6.42 Å². The third-order valence-corrected chi connectivity index (χ3v) is 1.89. The highest BCUT2D eigenvalue weighted by Crippen LogP contribution is 2.04. The van der Waals surface area contributed by atoms with Crippen molar-refractivity contribution in [3.8, 4) is 0 Å². The molecule has 0 atom stereocenters. The van der Waals surface area contributed by atoms with E-state index in [1.165, 1.54) is 5.56 Å². The summed E-state index contributed by atoms with van der Waals surface area (Å²) in [5.74, 6) is 0.934. The molecule has 1 aromatic carbocycles. The van der Waals surface area contributed by atoms with Crippen LogP contribution in [0.3, 0.4) is 0 Å². The van der Waals surface area contributed by atoms with Crippen LogP contribution in [-0.2, 0) is 6.42 Å². The summed E-state index contributed by atoms with van der Waals surface area (Å²) in [7, 11) is 0. The van der Waals surface area contributed by atoms with Crippen molar-refractivity contribution in [1.29, 1.82) is 0 Å². The first-order valence-electron chi connectivity index (χ1n) is 4.31. The van der Waals surface area contributed by atoms with E-state index in [2.05, 4.69) is 28.5 Å². The Hall–Kier alpha value is -1.57. The number of aromatic amines is 1. The monoisotopic (exact) mass is 171 g/mol. The molecule has 1 aromatic heterocycles. The van der Waals surface area contributed by atoms with Gasteiger partial charge in [0.1, 0.15) is 5.82 Å². The maximum absolute atomic E-state index is 4.12. The van der Waals surface area contributed by atoms with Crippen LogP contribution < -0.4 is 0 Å². The summed E-state index contributed by atoms with van der Waals surface area (Å²) in [5, 5.41) is 0. The number of benzene rings is 1. The van der Waals surface area contributed by atoms with Gasteiger partial charge in [-0.3, -0.25) is 0 Å². The standard InChI is InChI=1S/C11H11N2/c1-2-4-10(5-3-1)6-7-11-12-8-9-13-11/h1-5,7-9H,6H2,(H,12,13). The molecule has 0 fully saturated rings. The van der Waals surface area contributed by atoms with E-state index < -0.39 is 0 Å². The number of rotatable bonds is 3. The Bertz CT molecular complexity index is 338. The highest BCUT2D eigenvalue weighted by atomic mass is 14.9. The van der Waals surface area contributed by atoms with E-state index in [0.717, 1.165) is 12.2 Å². The molecule has 2 nitrogen and oxygen atoms in total. The minimum Gasteiger partial charge on any atom is -0.348 e. The topological polar surface area (TPSA) is 28.7 Å². The summed E-state index contributed by atoms with van der Waals surface area (Å²) in [5.41, 5.74) is 1.30. The molecule has 0 unspecified atom stereocenters. The van der Waals surface area contributed by atoms with Crippen molar-refractivity contribution in [1.82, 2.24) is 9.97 Å². The second-order valence-corrected chi connectivity index (χ2v) is 2.87. The molecule has 0 aliphatic heterocycles. The lowest BCUT2D eigenvalue weighted by atomic mass is 10.1. The molecule has 2 aromatic rings. The van der Waals surface area contributed by atoms with Gasteiger partial charge in [-0.1, -0.05) is 30.3 Å². The van der Waals surface area contributed by atoms with Gasteiger partial charge in [0, 0.05) is 18.8 Å². The number of imidazole rings is 1. The molecule has 0 saturated carbocycles. The van der Waals surface area contributed by atoms with E-state index in [1.807, 2.05) is 24.4 Å². The summed E-state index contributed by atoms with van der Waals surface area (Å²) >= 11 is 0. The molecular weight excluding hydrogens is 160 g/mol. The minimum absolute atomic E-state index is 0.925. The van der Waals surface area contributed by atoms with Gasteiger partial charge in [-0.15, -0.1) is 0 Å². The van der Waals surface area contributed by atoms with Gasteiger partial charge in [-0.25, -0.2) is 4.98 Å². The average Bonchev–Trinajstić information content (AvgIpc) is 2.69. The lowest BCUT2D eigenvalue weighted by Crippen LogP contribution is -1.89. The molecule has 0 aliphatic rings. The van der Waals surface area contributed by atoms with E-state index in [9.17, 15) is 0 Å². The lowest BCUT2D eigenvalue weighted by Gasteiger charge is -1.97. The highest BCUT2D eigenvalue weighted by molar-refractivity contribution is 5.19. The lowest BCUT2D eigenvalue weighted by molar-refractivity contribution is 1.07. The summed E-state index contributed by atoms with van der Waals surface area (Å²) in [6.07, 6.45) is 6.59. The molecule has 2 rings (SSSR count). The Morgan fingerprint density at radius 1 is 1.23 bits per heavy atom. The maximum Gasteiger partial charge on any atom is 0.110 e. The number of nitrogens with one attached hydrogen (secondary N) is 1. The summed E-state index contributed by atoms with van der Waals surface area (Å²) in [6.45, 7) is 0. The zero-order valence-electron chi connectivity index (χ0n) is 7.27. The highest BCUT2D eigenvalue weighted by Gasteiger charge is 1.95. The van der Waals surface area contributed by atoms with Gasteiger partial charge < -0.3 is 4.98 Å². The third kappa shape index (κ3) is 2.18. The van der Waals surface area contributed by atoms with Crippen LogP contribution >= 0.6 is 0 Å². The Labute approximate surface area is 77.6 Å². The maximum atomic E-state index is 4.12.